The minimum Gasteiger partial charge on any atom is -0.334 e. The molecule has 2 heterocycles. The number of rotatable bonds is 7. The Bertz CT molecular complexity index is 946. The van der Waals surface area contributed by atoms with Crippen molar-refractivity contribution in [3.8, 4) is 0 Å². The monoisotopic (exact) mass is 434 g/mol. The molecule has 2 N–H and O–H groups in total. The molecule has 1 saturated heterocycles. The summed E-state index contributed by atoms with van der Waals surface area (Å²) < 4.78 is 26.9. The van der Waals surface area contributed by atoms with Gasteiger partial charge in [-0.15, -0.1) is 11.3 Å². The number of carbonyl (C=O) groups is 1. The third kappa shape index (κ3) is 5.15. The maximum atomic E-state index is 12.7. The van der Waals surface area contributed by atoms with Crippen LogP contribution in [0.2, 0.25) is 0 Å². The minimum atomic E-state index is -3.42. The third-order valence-corrected chi connectivity index (χ3v) is 8.22. The van der Waals surface area contributed by atoms with Crippen molar-refractivity contribution in [2.75, 3.05) is 13.1 Å². The van der Waals surface area contributed by atoms with Crippen molar-refractivity contribution < 1.29 is 13.2 Å². The van der Waals surface area contributed by atoms with Crippen molar-refractivity contribution in [1.29, 1.82) is 0 Å². The van der Waals surface area contributed by atoms with Crippen molar-refractivity contribution in [2.45, 2.75) is 56.0 Å². The molecule has 2 aliphatic rings. The second-order valence-electron chi connectivity index (χ2n) is 7.60. The van der Waals surface area contributed by atoms with Gasteiger partial charge in [-0.2, -0.15) is 4.31 Å². The molecular weight excluding hydrogens is 408 g/mol. The molecule has 156 valence electrons. The lowest BCUT2D eigenvalue weighted by Gasteiger charge is -2.25. The molecule has 1 aromatic carbocycles. The van der Waals surface area contributed by atoms with Gasteiger partial charge in [0.25, 0.3) is 0 Å². The summed E-state index contributed by atoms with van der Waals surface area (Å²) in [6.07, 6.45) is 5.36. The fraction of sp³-hybridized carbons (Fsp3) is 0.500. The smallest absolute Gasteiger partial charge is 0.315 e. The zero-order chi connectivity index (χ0) is 20.3. The van der Waals surface area contributed by atoms with Crippen LogP contribution < -0.4 is 10.6 Å². The molecule has 0 radical (unpaired) electrons. The minimum absolute atomic E-state index is 0.268. The Morgan fingerprint density at radius 3 is 2.45 bits per heavy atom. The van der Waals surface area contributed by atoms with E-state index in [1.807, 2.05) is 5.38 Å². The van der Waals surface area contributed by atoms with Crippen molar-refractivity contribution in [3.05, 3.63) is 45.9 Å². The van der Waals surface area contributed by atoms with Crippen molar-refractivity contribution in [2.24, 2.45) is 0 Å². The number of urea groups is 1. The van der Waals surface area contributed by atoms with E-state index in [1.54, 1.807) is 39.9 Å². The van der Waals surface area contributed by atoms with Crippen LogP contribution in [0.15, 0.2) is 34.5 Å². The Morgan fingerprint density at radius 1 is 1.07 bits per heavy atom. The van der Waals surface area contributed by atoms with Crippen LogP contribution in [0.5, 0.6) is 0 Å². The van der Waals surface area contributed by atoms with Gasteiger partial charge in [0.2, 0.25) is 10.0 Å². The average Bonchev–Trinajstić information content (AvgIpc) is 3.49. The number of carbonyl (C=O) groups excluding carboxylic acids is 1. The van der Waals surface area contributed by atoms with Crippen LogP contribution in [0.1, 0.15) is 54.3 Å². The van der Waals surface area contributed by atoms with E-state index in [1.165, 1.54) is 17.8 Å². The first-order chi connectivity index (χ1) is 14.0. The van der Waals surface area contributed by atoms with Crippen molar-refractivity contribution in [1.82, 2.24) is 19.9 Å². The van der Waals surface area contributed by atoms with Gasteiger partial charge >= 0.3 is 6.03 Å². The number of hydrogen-bond donors (Lipinski definition) is 2. The summed E-state index contributed by atoms with van der Waals surface area (Å²) in [4.78, 5) is 16.9. The van der Waals surface area contributed by atoms with Gasteiger partial charge in [0.1, 0.15) is 0 Å². The van der Waals surface area contributed by atoms with Gasteiger partial charge < -0.3 is 10.6 Å². The largest absolute Gasteiger partial charge is 0.334 e. The molecule has 9 heteroatoms. The van der Waals surface area contributed by atoms with Gasteiger partial charge in [-0.1, -0.05) is 18.6 Å². The number of nitrogens with zero attached hydrogens (tertiary/aromatic N) is 2. The molecule has 29 heavy (non-hydrogen) atoms. The van der Waals surface area contributed by atoms with Crippen LogP contribution in [0.25, 0.3) is 0 Å². The number of piperidine rings is 1. The van der Waals surface area contributed by atoms with Gasteiger partial charge in [0.15, 0.2) is 0 Å². The summed E-state index contributed by atoms with van der Waals surface area (Å²) in [7, 11) is -3.42. The number of hydrogen-bond acceptors (Lipinski definition) is 5. The summed E-state index contributed by atoms with van der Waals surface area (Å²) in [5, 5.41) is 8.77. The highest BCUT2D eigenvalue weighted by Gasteiger charge is 2.27. The van der Waals surface area contributed by atoms with Gasteiger partial charge in [-0.3, -0.25) is 0 Å². The molecule has 0 bridgehead atoms. The molecule has 0 spiro atoms. The highest BCUT2D eigenvalue weighted by molar-refractivity contribution is 7.89. The predicted octanol–water partition coefficient (Wildman–Crippen LogP) is 3.19. The lowest BCUT2D eigenvalue weighted by molar-refractivity contribution is 0.240. The lowest BCUT2D eigenvalue weighted by atomic mass is 10.2. The van der Waals surface area contributed by atoms with E-state index in [-0.39, 0.29) is 6.03 Å². The van der Waals surface area contributed by atoms with E-state index in [0.717, 1.165) is 30.5 Å². The maximum absolute atomic E-state index is 12.7. The molecule has 2 amide bonds. The highest BCUT2D eigenvalue weighted by atomic mass is 32.2. The molecule has 0 atom stereocenters. The Kier molecular flexibility index (Phi) is 6.17. The molecule has 2 aromatic rings. The maximum Gasteiger partial charge on any atom is 0.315 e. The number of aromatic nitrogens is 1. The topological polar surface area (TPSA) is 91.4 Å². The van der Waals surface area contributed by atoms with Gasteiger partial charge in [0, 0.05) is 30.9 Å². The summed E-state index contributed by atoms with van der Waals surface area (Å²) in [5.41, 5.74) is 1.74. The number of thiazole rings is 1. The zero-order valence-electron chi connectivity index (χ0n) is 16.3. The van der Waals surface area contributed by atoms with Crippen LogP contribution in [0, 0.1) is 0 Å². The Balaban J connectivity index is 1.25. The first-order valence-electron chi connectivity index (χ1n) is 10.1. The normalized spacial score (nSPS) is 17.8. The molecule has 1 aromatic heterocycles. The second-order valence-corrected chi connectivity index (χ2v) is 10.4. The average molecular weight is 435 g/mol. The van der Waals surface area contributed by atoms with Crippen LogP contribution in [0.4, 0.5) is 4.79 Å². The third-order valence-electron chi connectivity index (χ3n) is 5.26. The predicted molar refractivity (Wildman–Crippen MR) is 112 cm³/mol. The number of sulfonamides is 1. The standard InChI is InChI=1S/C20H26N4O3S2/c25-20(22-13-17-14-28-19(23-17)16-6-7-16)21-12-15-4-8-18(9-5-15)29(26,27)24-10-2-1-3-11-24/h4-5,8-9,14,16H,1-3,6-7,10-13H2,(H2,21,22,25). The van der Waals surface area contributed by atoms with E-state index < -0.39 is 10.0 Å². The Hall–Kier alpha value is -1.97. The molecule has 0 unspecified atom stereocenters. The van der Waals surface area contributed by atoms with Crippen LogP contribution >= 0.6 is 11.3 Å². The summed E-state index contributed by atoms with van der Waals surface area (Å²) >= 11 is 1.66. The zero-order valence-corrected chi connectivity index (χ0v) is 17.9. The molecule has 1 saturated carbocycles. The van der Waals surface area contributed by atoms with Crippen molar-refractivity contribution in [3.63, 3.8) is 0 Å². The van der Waals surface area contributed by atoms with Crippen LogP contribution in [-0.2, 0) is 23.1 Å². The SMILES string of the molecule is O=C(NCc1ccc(S(=O)(=O)N2CCCCC2)cc1)NCc1csc(C2CC2)n1. The molecule has 7 nitrogen and oxygen atoms in total. The molecule has 1 aliphatic heterocycles. The first kappa shape index (κ1) is 20.3. The lowest BCUT2D eigenvalue weighted by Crippen LogP contribution is -2.35. The summed E-state index contributed by atoms with van der Waals surface area (Å²) in [5.74, 6) is 0.629. The van der Waals surface area contributed by atoms with E-state index in [4.69, 9.17) is 0 Å². The Morgan fingerprint density at radius 2 is 1.76 bits per heavy atom. The molecular formula is C20H26N4O3S2. The van der Waals surface area contributed by atoms with Crippen LogP contribution in [-0.4, -0.2) is 36.8 Å². The number of amides is 2. The second kappa shape index (κ2) is 8.81. The van der Waals surface area contributed by atoms with Gasteiger partial charge in [-0.25, -0.2) is 18.2 Å². The summed E-state index contributed by atoms with van der Waals surface area (Å²) in [6.45, 7) is 1.92. The number of nitrogens with one attached hydrogen (secondary N) is 2. The Labute approximate surface area is 175 Å². The number of benzene rings is 1. The van der Waals surface area contributed by atoms with Crippen LogP contribution in [0.3, 0.4) is 0 Å². The van der Waals surface area contributed by atoms with Gasteiger partial charge in [-0.05, 0) is 43.4 Å². The quantitative estimate of drug-likeness (QED) is 0.700. The fourth-order valence-electron chi connectivity index (χ4n) is 3.37. The fourth-order valence-corrected chi connectivity index (χ4v) is 5.88. The molecule has 2 fully saturated rings. The van der Waals surface area contributed by atoms with E-state index in [9.17, 15) is 13.2 Å². The summed E-state index contributed by atoms with van der Waals surface area (Å²) in [6, 6.07) is 6.47. The van der Waals surface area contributed by atoms with E-state index in [0.29, 0.717) is 37.0 Å². The van der Waals surface area contributed by atoms with E-state index in [2.05, 4.69) is 15.6 Å². The van der Waals surface area contributed by atoms with Crippen molar-refractivity contribution >= 4 is 27.4 Å². The first-order valence-corrected chi connectivity index (χ1v) is 12.4. The highest BCUT2D eigenvalue weighted by Crippen LogP contribution is 2.41. The molecule has 1 aliphatic carbocycles. The van der Waals surface area contributed by atoms with Gasteiger partial charge in [0.05, 0.1) is 22.1 Å². The van der Waals surface area contributed by atoms with E-state index >= 15 is 0 Å². The molecule has 4 rings (SSSR count).